The van der Waals surface area contributed by atoms with Crippen LogP contribution in [0, 0.1) is 0 Å². The van der Waals surface area contributed by atoms with Crippen LogP contribution in [0.25, 0.3) is 0 Å². The van der Waals surface area contributed by atoms with Crippen LogP contribution in [0.2, 0.25) is 0 Å². The van der Waals surface area contributed by atoms with Gasteiger partial charge in [0.15, 0.2) is 0 Å². The van der Waals surface area contributed by atoms with Crippen molar-refractivity contribution in [1.82, 2.24) is 5.23 Å². The minimum absolute atomic E-state index is 0.0271. The maximum atomic E-state index is 10.6. The molecular formula is C7H9NO5. The first kappa shape index (κ1) is 11.3. The van der Waals surface area contributed by atoms with Gasteiger partial charge in [-0.05, 0) is 0 Å². The van der Waals surface area contributed by atoms with Crippen molar-refractivity contribution >= 4 is 11.9 Å². The Kier molecular flexibility index (Phi) is 5.17. The van der Waals surface area contributed by atoms with Crippen LogP contribution >= 0.6 is 0 Å². The van der Waals surface area contributed by atoms with Crippen molar-refractivity contribution in [1.29, 1.82) is 0 Å². The van der Waals surface area contributed by atoms with Gasteiger partial charge >= 0.3 is 5.97 Å². The zero-order valence-electron chi connectivity index (χ0n) is 6.71. The van der Waals surface area contributed by atoms with E-state index in [0.717, 1.165) is 6.08 Å². The summed E-state index contributed by atoms with van der Waals surface area (Å²) in [6, 6.07) is 0. The van der Waals surface area contributed by atoms with E-state index < -0.39 is 17.1 Å². The monoisotopic (exact) mass is 187 g/mol. The van der Waals surface area contributed by atoms with E-state index in [2.05, 4.69) is 11.3 Å². The van der Waals surface area contributed by atoms with Crippen LogP contribution in [-0.4, -0.2) is 34.1 Å². The summed E-state index contributed by atoms with van der Waals surface area (Å²) in [4.78, 5) is 21.1. The first-order chi connectivity index (χ1) is 6.07. The Morgan fingerprint density at radius 2 is 2.00 bits per heavy atom. The summed E-state index contributed by atoms with van der Waals surface area (Å²) in [5.41, 5.74) is 0. The first-order valence-electron chi connectivity index (χ1n) is 3.25. The Labute approximate surface area is 74.2 Å². The standard InChI is InChI=1S/C7H9NO5/c1-2-5-13-7(10)4-3-6(9)8(11)12/h2-4,11-12H,1,5H2/b4-3-. The Morgan fingerprint density at radius 1 is 1.38 bits per heavy atom. The Morgan fingerprint density at radius 3 is 2.46 bits per heavy atom. The lowest BCUT2D eigenvalue weighted by Crippen LogP contribution is -2.21. The lowest BCUT2D eigenvalue weighted by Gasteiger charge is -2.00. The fourth-order valence-electron chi connectivity index (χ4n) is 0.395. The zero-order chi connectivity index (χ0) is 10.3. The fourth-order valence-corrected chi connectivity index (χ4v) is 0.395. The lowest BCUT2D eigenvalue weighted by molar-refractivity contribution is -0.280. The molecule has 6 heteroatoms. The van der Waals surface area contributed by atoms with Crippen LogP contribution in [0.4, 0.5) is 0 Å². The molecule has 0 aromatic carbocycles. The average Bonchev–Trinajstić information content (AvgIpc) is 2.10. The number of amides is 1. The van der Waals surface area contributed by atoms with Crippen LogP contribution in [-0.2, 0) is 14.3 Å². The largest absolute Gasteiger partial charge is 0.458 e. The Hall–Kier alpha value is -1.66. The molecule has 13 heavy (non-hydrogen) atoms. The summed E-state index contributed by atoms with van der Waals surface area (Å²) >= 11 is 0. The van der Waals surface area contributed by atoms with Gasteiger partial charge in [-0.25, -0.2) is 4.79 Å². The molecule has 72 valence electrons. The molecule has 1 amide bonds. The molecule has 0 spiro atoms. The van der Waals surface area contributed by atoms with Gasteiger partial charge in [0, 0.05) is 12.2 Å². The van der Waals surface area contributed by atoms with Crippen LogP contribution in [0.5, 0.6) is 0 Å². The van der Waals surface area contributed by atoms with Crippen molar-refractivity contribution in [3.8, 4) is 0 Å². The molecule has 0 saturated heterocycles. The molecule has 0 aliphatic carbocycles. The number of carbonyl (C=O) groups is 2. The van der Waals surface area contributed by atoms with Crippen molar-refractivity contribution in [2.45, 2.75) is 0 Å². The first-order valence-corrected chi connectivity index (χ1v) is 3.25. The molecule has 0 aliphatic rings. The molecule has 0 aromatic rings. The van der Waals surface area contributed by atoms with Crippen LogP contribution in [0.3, 0.4) is 0 Å². The van der Waals surface area contributed by atoms with Crippen molar-refractivity contribution in [2.24, 2.45) is 0 Å². The maximum Gasteiger partial charge on any atom is 0.331 e. The van der Waals surface area contributed by atoms with E-state index in [-0.39, 0.29) is 6.61 Å². The van der Waals surface area contributed by atoms with Gasteiger partial charge in [-0.1, -0.05) is 17.9 Å². The molecule has 0 unspecified atom stereocenters. The summed E-state index contributed by atoms with van der Waals surface area (Å²) in [7, 11) is 0. The van der Waals surface area contributed by atoms with E-state index in [0.29, 0.717) is 6.08 Å². The summed E-state index contributed by atoms with van der Waals surface area (Å²) in [6.07, 6.45) is 2.79. The number of carbonyl (C=O) groups excluding carboxylic acids is 2. The molecule has 2 N–H and O–H groups in total. The van der Waals surface area contributed by atoms with E-state index in [1.54, 1.807) is 0 Å². The van der Waals surface area contributed by atoms with Crippen molar-refractivity contribution in [3.63, 3.8) is 0 Å². The van der Waals surface area contributed by atoms with Gasteiger partial charge in [0.2, 0.25) is 0 Å². The predicted octanol–water partition coefficient (Wildman–Crippen LogP) is -0.121. The highest BCUT2D eigenvalue weighted by atomic mass is 16.8. The molecule has 0 aromatic heterocycles. The summed E-state index contributed by atoms with van der Waals surface area (Å²) in [5.74, 6) is -1.91. The minimum Gasteiger partial charge on any atom is -0.458 e. The zero-order valence-corrected chi connectivity index (χ0v) is 6.71. The number of hydrogen-bond donors (Lipinski definition) is 2. The highest BCUT2D eigenvalue weighted by Gasteiger charge is 2.03. The lowest BCUT2D eigenvalue weighted by atomic mass is 10.5. The SMILES string of the molecule is C=CCOC(=O)/C=C\C(=O)N(O)O. The smallest absolute Gasteiger partial charge is 0.331 e. The average molecular weight is 187 g/mol. The second-order valence-corrected chi connectivity index (χ2v) is 1.88. The maximum absolute atomic E-state index is 10.6. The minimum atomic E-state index is -1.14. The van der Waals surface area contributed by atoms with Gasteiger partial charge < -0.3 is 4.74 Å². The van der Waals surface area contributed by atoms with Crippen LogP contribution < -0.4 is 0 Å². The van der Waals surface area contributed by atoms with Crippen molar-refractivity contribution in [3.05, 3.63) is 24.8 Å². The molecule has 0 bridgehead atoms. The normalized spacial score (nSPS) is 9.69. The van der Waals surface area contributed by atoms with Gasteiger partial charge in [-0.2, -0.15) is 0 Å². The van der Waals surface area contributed by atoms with Crippen LogP contribution in [0.15, 0.2) is 24.8 Å². The van der Waals surface area contributed by atoms with E-state index in [4.69, 9.17) is 10.4 Å². The third-order valence-electron chi connectivity index (χ3n) is 0.903. The third kappa shape index (κ3) is 5.59. The molecule has 0 radical (unpaired) electrons. The van der Waals surface area contributed by atoms with Gasteiger partial charge in [-0.3, -0.25) is 15.2 Å². The van der Waals surface area contributed by atoms with E-state index in [1.165, 1.54) is 6.08 Å². The number of nitrogens with zero attached hydrogens (tertiary/aromatic N) is 1. The highest BCUT2D eigenvalue weighted by molar-refractivity contribution is 5.93. The molecule has 6 nitrogen and oxygen atoms in total. The van der Waals surface area contributed by atoms with Gasteiger partial charge in [0.1, 0.15) is 6.61 Å². The summed E-state index contributed by atoms with van der Waals surface area (Å²) in [6.45, 7) is 3.33. The van der Waals surface area contributed by atoms with Gasteiger partial charge in [0.25, 0.3) is 5.91 Å². The van der Waals surface area contributed by atoms with Gasteiger partial charge in [-0.15, -0.1) is 0 Å². The topological polar surface area (TPSA) is 87.1 Å². The Bertz CT molecular complexity index is 233. The molecule has 0 heterocycles. The number of esters is 1. The Balaban J connectivity index is 3.90. The molecule has 0 saturated carbocycles. The summed E-state index contributed by atoms with van der Waals surface area (Å²) in [5, 5.41) is 15.6. The number of hydroxylamine groups is 2. The van der Waals surface area contributed by atoms with Gasteiger partial charge in [0.05, 0.1) is 0 Å². The van der Waals surface area contributed by atoms with Crippen LogP contribution in [0.1, 0.15) is 0 Å². The van der Waals surface area contributed by atoms with E-state index in [9.17, 15) is 9.59 Å². The van der Waals surface area contributed by atoms with Crippen molar-refractivity contribution in [2.75, 3.05) is 6.61 Å². The second kappa shape index (κ2) is 5.92. The number of ether oxygens (including phenoxy) is 1. The number of hydrogen-bond acceptors (Lipinski definition) is 5. The molecule has 0 aliphatic heterocycles. The third-order valence-corrected chi connectivity index (χ3v) is 0.903. The van der Waals surface area contributed by atoms with E-state index in [1.807, 2.05) is 0 Å². The summed E-state index contributed by atoms with van der Waals surface area (Å²) < 4.78 is 4.44. The molecule has 0 rings (SSSR count). The highest BCUT2D eigenvalue weighted by Crippen LogP contribution is 1.85. The molecular weight excluding hydrogens is 178 g/mol. The predicted molar refractivity (Wildman–Crippen MR) is 40.7 cm³/mol. The molecule has 0 fully saturated rings. The fraction of sp³-hybridized carbons (Fsp3) is 0.143. The second-order valence-electron chi connectivity index (χ2n) is 1.88. The quantitative estimate of drug-likeness (QED) is 0.210. The number of rotatable bonds is 4. The van der Waals surface area contributed by atoms with Crippen molar-refractivity contribution < 1.29 is 24.7 Å². The van der Waals surface area contributed by atoms with E-state index >= 15 is 0 Å². The molecule has 0 atom stereocenters.